The molecular weight excluding hydrogens is 514 g/mol. The van der Waals surface area contributed by atoms with Crippen LogP contribution >= 0.6 is 11.3 Å². The summed E-state index contributed by atoms with van der Waals surface area (Å²) in [5, 5.41) is 0.769. The Labute approximate surface area is 230 Å². The molecule has 1 saturated heterocycles. The fraction of sp³-hybridized carbons (Fsp3) is 0.258. The van der Waals surface area contributed by atoms with E-state index in [2.05, 4.69) is 4.90 Å². The van der Waals surface area contributed by atoms with E-state index in [4.69, 9.17) is 14.2 Å². The second-order valence-corrected chi connectivity index (χ2v) is 10.5. The van der Waals surface area contributed by atoms with Gasteiger partial charge in [-0.2, -0.15) is 0 Å². The Kier molecular flexibility index (Phi) is 8.05. The summed E-state index contributed by atoms with van der Waals surface area (Å²) in [4.78, 5) is 39.9. The predicted octanol–water partition coefficient (Wildman–Crippen LogP) is 6.12. The lowest BCUT2D eigenvalue weighted by Gasteiger charge is -2.15. The van der Waals surface area contributed by atoms with E-state index in [-0.39, 0.29) is 5.78 Å². The maximum Gasteiger partial charge on any atom is 0.308 e. The Bertz CT molecular complexity index is 1500. The molecule has 1 aromatic heterocycles. The van der Waals surface area contributed by atoms with Gasteiger partial charge in [0.15, 0.2) is 5.78 Å². The van der Waals surface area contributed by atoms with Gasteiger partial charge < -0.3 is 14.2 Å². The van der Waals surface area contributed by atoms with Crippen molar-refractivity contribution in [2.24, 2.45) is 0 Å². The molecule has 0 bridgehead atoms. The third kappa shape index (κ3) is 6.35. The van der Waals surface area contributed by atoms with Crippen molar-refractivity contribution in [3.8, 4) is 27.7 Å². The summed E-state index contributed by atoms with van der Waals surface area (Å²) in [6.45, 7) is 6.47. The molecule has 2 heterocycles. The molecule has 8 heteroatoms. The second kappa shape index (κ2) is 11.8. The van der Waals surface area contributed by atoms with Crippen LogP contribution in [0.3, 0.4) is 0 Å². The van der Waals surface area contributed by atoms with Crippen molar-refractivity contribution in [2.75, 3.05) is 26.2 Å². The number of esters is 2. The molecule has 7 nitrogen and oxygen atoms in total. The Balaban J connectivity index is 1.44. The minimum atomic E-state index is -0.411. The lowest BCUT2D eigenvalue weighted by molar-refractivity contribution is -0.132. The van der Waals surface area contributed by atoms with E-state index in [1.807, 2.05) is 30.3 Å². The van der Waals surface area contributed by atoms with E-state index in [9.17, 15) is 14.4 Å². The van der Waals surface area contributed by atoms with Crippen molar-refractivity contribution >= 4 is 39.1 Å². The summed E-state index contributed by atoms with van der Waals surface area (Å²) in [5.74, 6) is 0.644. The summed E-state index contributed by atoms with van der Waals surface area (Å²) < 4.78 is 17.2. The molecule has 0 saturated carbocycles. The highest BCUT2D eigenvalue weighted by molar-refractivity contribution is 7.22. The summed E-state index contributed by atoms with van der Waals surface area (Å²) in [7, 11) is 0. The summed E-state index contributed by atoms with van der Waals surface area (Å²) >= 11 is 1.44. The Morgan fingerprint density at radius 3 is 2.08 bits per heavy atom. The van der Waals surface area contributed by atoms with Crippen LogP contribution in [0.25, 0.3) is 20.5 Å². The van der Waals surface area contributed by atoms with Crippen molar-refractivity contribution in [1.29, 1.82) is 0 Å². The molecule has 0 atom stereocenters. The average molecular weight is 544 g/mol. The molecule has 1 aliphatic rings. The van der Waals surface area contributed by atoms with Crippen LogP contribution < -0.4 is 14.2 Å². The normalized spacial score (nSPS) is 13.4. The van der Waals surface area contributed by atoms with Crippen molar-refractivity contribution in [2.45, 2.75) is 26.7 Å². The Hall–Kier alpha value is -4.01. The number of thiophene rings is 1. The van der Waals surface area contributed by atoms with E-state index in [1.165, 1.54) is 38.0 Å². The summed E-state index contributed by atoms with van der Waals surface area (Å²) in [6.07, 6.45) is 2.49. The van der Waals surface area contributed by atoms with Crippen LogP contribution in [0.5, 0.6) is 17.2 Å². The van der Waals surface area contributed by atoms with Gasteiger partial charge in [-0.1, -0.05) is 0 Å². The van der Waals surface area contributed by atoms with Gasteiger partial charge in [0.25, 0.3) is 0 Å². The molecule has 0 N–H and O–H groups in total. The van der Waals surface area contributed by atoms with Gasteiger partial charge in [0.2, 0.25) is 0 Å². The third-order valence-electron chi connectivity index (χ3n) is 6.52. The van der Waals surface area contributed by atoms with Crippen LogP contribution in [-0.2, 0) is 9.59 Å². The average Bonchev–Trinajstić information content (AvgIpc) is 3.56. The maximum atomic E-state index is 13.9. The van der Waals surface area contributed by atoms with Crippen molar-refractivity contribution < 1.29 is 28.6 Å². The van der Waals surface area contributed by atoms with E-state index < -0.39 is 11.9 Å². The van der Waals surface area contributed by atoms with E-state index in [1.54, 1.807) is 36.4 Å². The molecule has 4 aromatic rings. The van der Waals surface area contributed by atoms with Gasteiger partial charge >= 0.3 is 11.9 Å². The number of likely N-dealkylation sites (tertiary alicyclic amines) is 1. The molecule has 0 spiro atoms. The zero-order valence-electron chi connectivity index (χ0n) is 21.9. The fourth-order valence-electron chi connectivity index (χ4n) is 4.72. The monoisotopic (exact) mass is 543 g/mol. The number of hydrogen-bond acceptors (Lipinski definition) is 8. The van der Waals surface area contributed by atoms with Gasteiger partial charge in [0.05, 0.1) is 0 Å². The van der Waals surface area contributed by atoms with Crippen molar-refractivity contribution in [3.63, 3.8) is 0 Å². The third-order valence-corrected chi connectivity index (χ3v) is 7.72. The molecule has 1 fully saturated rings. The number of nitrogens with zero attached hydrogens (tertiary/aromatic N) is 1. The van der Waals surface area contributed by atoms with E-state index >= 15 is 0 Å². The van der Waals surface area contributed by atoms with Gasteiger partial charge in [-0.25, -0.2) is 0 Å². The first kappa shape index (κ1) is 26.6. The molecule has 0 unspecified atom stereocenters. The zero-order valence-corrected chi connectivity index (χ0v) is 22.7. The number of ether oxygens (including phenoxy) is 3. The fourth-order valence-corrected chi connectivity index (χ4v) is 5.95. The molecule has 200 valence electrons. The predicted molar refractivity (Wildman–Crippen MR) is 151 cm³/mol. The standard InChI is InChI=1S/C31H29NO6S/c1-20(33)37-25-11-7-23(8-12-25)31-29(27-14-13-26(38-21(2)34)19-28(27)39-31)30(35)22-5-9-24(10-6-22)36-18-17-32-15-3-4-16-32/h5-14,19H,3-4,15-18H2,1-2H3. The number of fused-ring (bicyclic) bond motifs is 1. The van der Waals surface area contributed by atoms with Crippen LogP contribution in [0.15, 0.2) is 66.7 Å². The molecular formula is C31H29NO6S. The van der Waals surface area contributed by atoms with Gasteiger partial charge in [-0.15, -0.1) is 11.3 Å². The van der Waals surface area contributed by atoms with Gasteiger partial charge in [0, 0.05) is 46.5 Å². The molecule has 3 aromatic carbocycles. The smallest absolute Gasteiger partial charge is 0.308 e. The number of carbonyl (C=O) groups excluding carboxylic acids is 3. The number of ketones is 1. The minimum absolute atomic E-state index is 0.121. The Morgan fingerprint density at radius 1 is 0.795 bits per heavy atom. The van der Waals surface area contributed by atoms with Gasteiger partial charge in [0.1, 0.15) is 23.9 Å². The van der Waals surface area contributed by atoms with Crippen molar-refractivity contribution in [3.05, 3.63) is 77.9 Å². The number of benzene rings is 3. The highest BCUT2D eigenvalue weighted by Crippen LogP contribution is 2.41. The van der Waals surface area contributed by atoms with Crippen LogP contribution in [0.1, 0.15) is 42.6 Å². The van der Waals surface area contributed by atoms with E-state index in [0.29, 0.717) is 29.2 Å². The quantitative estimate of drug-likeness (QED) is 0.143. The lowest BCUT2D eigenvalue weighted by Crippen LogP contribution is -2.25. The number of rotatable bonds is 9. The molecule has 0 radical (unpaired) electrons. The van der Waals surface area contributed by atoms with Crippen LogP contribution in [-0.4, -0.2) is 48.9 Å². The lowest BCUT2D eigenvalue weighted by atomic mass is 9.97. The largest absolute Gasteiger partial charge is 0.492 e. The van der Waals surface area contributed by atoms with Crippen LogP contribution in [0.2, 0.25) is 0 Å². The summed E-state index contributed by atoms with van der Waals surface area (Å²) in [5.41, 5.74) is 1.92. The van der Waals surface area contributed by atoms with Crippen molar-refractivity contribution in [1.82, 2.24) is 4.90 Å². The van der Waals surface area contributed by atoms with Gasteiger partial charge in [-0.3, -0.25) is 19.3 Å². The molecule has 5 rings (SSSR count). The van der Waals surface area contributed by atoms with E-state index in [0.717, 1.165) is 45.9 Å². The highest BCUT2D eigenvalue weighted by atomic mass is 32.1. The second-order valence-electron chi connectivity index (χ2n) is 9.43. The minimum Gasteiger partial charge on any atom is -0.492 e. The molecule has 39 heavy (non-hydrogen) atoms. The molecule has 0 amide bonds. The first-order valence-corrected chi connectivity index (χ1v) is 13.7. The maximum absolute atomic E-state index is 13.9. The number of hydrogen-bond donors (Lipinski definition) is 0. The van der Waals surface area contributed by atoms with Crippen LogP contribution in [0.4, 0.5) is 0 Å². The number of carbonyl (C=O) groups is 3. The van der Waals surface area contributed by atoms with Gasteiger partial charge in [-0.05, 0) is 98.2 Å². The first-order chi connectivity index (χ1) is 18.9. The zero-order chi connectivity index (χ0) is 27.4. The molecule has 0 aliphatic carbocycles. The SMILES string of the molecule is CC(=O)Oc1ccc(-c2sc3cc(OC(C)=O)ccc3c2C(=O)c2ccc(OCCN3CCCC3)cc2)cc1. The molecule has 1 aliphatic heterocycles. The Morgan fingerprint density at radius 2 is 1.41 bits per heavy atom. The highest BCUT2D eigenvalue weighted by Gasteiger charge is 2.22. The first-order valence-electron chi connectivity index (χ1n) is 12.9. The topological polar surface area (TPSA) is 82.1 Å². The summed E-state index contributed by atoms with van der Waals surface area (Å²) in [6, 6.07) is 19.6. The van der Waals surface area contributed by atoms with Crippen LogP contribution in [0, 0.1) is 0 Å².